The summed E-state index contributed by atoms with van der Waals surface area (Å²) in [6, 6.07) is 18.9. The highest BCUT2D eigenvalue weighted by molar-refractivity contribution is 5.93. The molecule has 1 N–H and O–H groups in total. The normalized spacial score (nSPS) is 12.2. The van der Waals surface area contributed by atoms with Crippen LogP contribution in [-0.2, 0) is 25.3 Å². The maximum Gasteiger partial charge on any atom is 0.433 e. The molecule has 0 aliphatic carbocycles. The quantitative estimate of drug-likeness (QED) is 0.174. The van der Waals surface area contributed by atoms with Crippen LogP contribution in [0.3, 0.4) is 0 Å². The Labute approximate surface area is 243 Å². The molecule has 0 amide bonds. The lowest BCUT2D eigenvalue weighted by Crippen LogP contribution is -2.21. The van der Waals surface area contributed by atoms with E-state index in [1.165, 1.54) is 36.0 Å². The summed E-state index contributed by atoms with van der Waals surface area (Å²) in [7, 11) is 1.91. The van der Waals surface area contributed by atoms with Gasteiger partial charge in [0.2, 0.25) is 0 Å². The van der Waals surface area contributed by atoms with Gasteiger partial charge in [0.25, 0.3) is 0 Å². The Kier molecular flexibility index (Phi) is 8.58. The number of nitrogens with one attached hydrogen (secondary N) is 1. The van der Waals surface area contributed by atoms with Gasteiger partial charge in [-0.3, -0.25) is 9.88 Å². The van der Waals surface area contributed by atoms with Crippen LogP contribution < -0.4 is 5.32 Å². The molecule has 0 spiro atoms. The number of alkyl halides is 6. The van der Waals surface area contributed by atoms with Gasteiger partial charge in [0, 0.05) is 17.1 Å². The standard InChI is InChI=1S/C31H26F6N6/c1-43(16-6-9-20-7-3-2-4-8-20)19-27-41-25-17-21(28-24(30(32,33)34)10-5-15-38-28)11-13-23(25)29(42-27)40-22-12-14-26(39-18-22)31(35,36)37/h2-5,7-8,10-15,17-18H,6,9,16,19H2,1H3,(H,40,41,42). The second-order valence-corrected chi connectivity index (χ2v) is 10.00. The highest BCUT2D eigenvalue weighted by Gasteiger charge is 2.34. The Hall–Kier alpha value is -4.58. The number of halogens is 6. The van der Waals surface area contributed by atoms with E-state index in [0.29, 0.717) is 23.3 Å². The van der Waals surface area contributed by atoms with Crippen molar-refractivity contribution in [3.8, 4) is 11.3 Å². The van der Waals surface area contributed by atoms with Crippen LogP contribution in [-0.4, -0.2) is 38.4 Å². The van der Waals surface area contributed by atoms with Crippen molar-refractivity contribution in [2.24, 2.45) is 0 Å². The molecule has 6 nitrogen and oxygen atoms in total. The largest absolute Gasteiger partial charge is 0.433 e. The summed E-state index contributed by atoms with van der Waals surface area (Å²) < 4.78 is 80.2. The van der Waals surface area contributed by atoms with Crippen molar-refractivity contribution >= 4 is 22.4 Å². The Morgan fingerprint density at radius 3 is 2.30 bits per heavy atom. The van der Waals surface area contributed by atoms with Gasteiger partial charge in [0.05, 0.1) is 35.2 Å². The van der Waals surface area contributed by atoms with Crippen LogP contribution in [0.5, 0.6) is 0 Å². The maximum atomic E-state index is 13.7. The summed E-state index contributed by atoms with van der Waals surface area (Å²) >= 11 is 0. The monoisotopic (exact) mass is 596 g/mol. The van der Waals surface area contributed by atoms with Gasteiger partial charge in [-0.15, -0.1) is 0 Å². The Balaban J connectivity index is 1.47. The average molecular weight is 597 g/mol. The smallest absolute Gasteiger partial charge is 0.338 e. The van der Waals surface area contributed by atoms with Crippen LogP contribution in [0, 0.1) is 0 Å². The predicted molar refractivity (Wildman–Crippen MR) is 151 cm³/mol. The van der Waals surface area contributed by atoms with E-state index in [1.807, 2.05) is 30.1 Å². The van der Waals surface area contributed by atoms with Crippen molar-refractivity contribution in [1.82, 2.24) is 24.8 Å². The number of nitrogens with zero attached hydrogens (tertiary/aromatic N) is 5. The Morgan fingerprint density at radius 1 is 0.814 bits per heavy atom. The van der Waals surface area contributed by atoms with Crippen molar-refractivity contribution in [1.29, 1.82) is 0 Å². The van der Waals surface area contributed by atoms with Crippen LogP contribution in [0.2, 0.25) is 0 Å². The first kappa shape index (κ1) is 29.9. The molecule has 5 rings (SSSR count). The minimum absolute atomic E-state index is 0.212. The number of hydrogen-bond acceptors (Lipinski definition) is 6. The summed E-state index contributed by atoms with van der Waals surface area (Å²) in [4.78, 5) is 18.8. The predicted octanol–water partition coefficient (Wildman–Crippen LogP) is 7.93. The highest BCUT2D eigenvalue weighted by Crippen LogP contribution is 2.37. The third kappa shape index (κ3) is 7.44. The molecule has 0 fully saturated rings. The molecule has 0 bridgehead atoms. The number of pyridine rings is 2. The molecule has 0 saturated heterocycles. The lowest BCUT2D eigenvalue weighted by molar-refractivity contribution is -0.141. The first-order valence-electron chi connectivity index (χ1n) is 13.3. The fourth-order valence-corrected chi connectivity index (χ4v) is 4.65. The van der Waals surface area contributed by atoms with Crippen molar-refractivity contribution in [3.05, 3.63) is 108 Å². The molecule has 0 aliphatic rings. The molecule has 0 saturated carbocycles. The van der Waals surface area contributed by atoms with Gasteiger partial charge in [0.1, 0.15) is 17.3 Å². The summed E-state index contributed by atoms with van der Waals surface area (Å²) in [6.45, 7) is 1.05. The van der Waals surface area contributed by atoms with Gasteiger partial charge in [-0.05, 0) is 68.4 Å². The van der Waals surface area contributed by atoms with E-state index in [0.717, 1.165) is 37.7 Å². The molecular formula is C31H26F6N6. The lowest BCUT2D eigenvalue weighted by atomic mass is 10.0. The number of anilines is 2. The van der Waals surface area contributed by atoms with Crippen molar-refractivity contribution in [2.45, 2.75) is 31.7 Å². The number of hydrogen-bond donors (Lipinski definition) is 1. The van der Waals surface area contributed by atoms with E-state index in [9.17, 15) is 26.3 Å². The van der Waals surface area contributed by atoms with E-state index in [1.54, 1.807) is 6.07 Å². The van der Waals surface area contributed by atoms with Crippen molar-refractivity contribution in [2.75, 3.05) is 18.9 Å². The summed E-state index contributed by atoms with van der Waals surface area (Å²) in [6.07, 6.45) is -5.11. The molecule has 0 aliphatic heterocycles. The third-order valence-electron chi connectivity index (χ3n) is 6.71. The summed E-state index contributed by atoms with van der Waals surface area (Å²) in [5.41, 5.74) is -0.126. The minimum Gasteiger partial charge on any atom is -0.338 e. The Bertz CT molecular complexity index is 1690. The zero-order valence-corrected chi connectivity index (χ0v) is 22.9. The van der Waals surface area contributed by atoms with E-state index in [2.05, 4.69) is 37.4 Å². The molecule has 43 heavy (non-hydrogen) atoms. The van der Waals surface area contributed by atoms with Crippen LogP contribution in [0.15, 0.2) is 85.2 Å². The minimum atomic E-state index is -4.61. The molecule has 222 valence electrons. The van der Waals surface area contributed by atoms with Gasteiger partial charge < -0.3 is 5.32 Å². The fraction of sp³-hybridized carbons (Fsp3) is 0.226. The number of fused-ring (bicyclic) bond motifs is 1. The lowest BCUT2D eigenvalue weighted by Gasteiger charge is -2.18. The second kappa shape index (κ2) is 12.3. The molecule has 12 heteroatoms. The maximum absolute atomic E-state index is 13.7. The molecule has 0 unspecified atom stereocenters. The molecule has 5 aromatic rings. The van der Waals surface area contributed by atoms with E-state index in [-0.39, 0.29) is 22.8 Å². The number of aryl methyl sites for hydroxylation is 1. The topological polar surface area (TPSA) is 66.8 Å². The van der Waals surface area contributed by atoms with Crippen molar-refractivity contribution < 1.29 is 26.3 Å². The van der Waals surface area contributed by atoms with E-state index >= 15 is 0 Å². The zero-order valence-electron chi connectivity index (χ0n) is 22.9. The van der Waals surface area contributed by atoms with E-state index < -0.39 is 23.6 Å². The van der Waals surface area contributed by atoms with Crippen LogP contribution in [0.4, 0.5) is 37.8 Å². The molecule has 2 aromatic carbocycles. The van der Waals surface area contributed by atoms with E-state index in [4.69, 9.17) is 0 Å². The van der Waals surface area contributed by atoms with Gasteiger partial charge in [-0.2, -0.15) is 26.3 Å². The first-order valence-corrected chi connectivity index (χ1v) is 13.3. The van der Waals surface area contributed by atoms with Gasteiger partial charge in [-0.1, -0.05) is 36.4 Å². The second-order valence-electron chi connectivity index (χ2n) is 10.00. The number of rotatable bonds is 9. The number of aromatic nitrogens is 4. The highest BCUT2D eigenvalue weighted by atomic mass is 19.4. The van der Waals surface area contributed by atoms with Gasteiger partial charge in [0.15, 0.2) is 0 Å². The summed E-state index contributed by atoms with van der Waals surface area (Å²) in [5, 5.41) is 3.47. The van der Waals surface area contributed by atoms with Gasteiger partial charge >= 0.3 is 12.4 Å². The van der Waals surface area contributed by atoms with Crippen LogP contribution >= 0.6 is 0 Å². The molecule has 3 heterocycles. The summed E-state index contributed by atoms with van der Waals surface area (Å²) in [5.74, 6) is 0.661. The zero-order chi connectivity index (χ0) is 30.6. The SMILES string of the molecule is CN(CCCc1ccccc1)Cc1nc(Nc2ccc(C(F)(F)F)nc2)c2ccc(-c3ncccc3C(F)(F)F)cc2n1. The average Bonchev–Trinajstić information content (AvgIpc) is 2.97. The third-order valence-corrected chi connectivity index (χ3v) is 6.71. The molecular weight excluding hydrogens is 570 g/mol. The van der Waals surface area contributed by atoms with Crippen molar-refractivity contribution in [3.63, 3.8) is 0 Å². The molecule has 3 aromatic heterocycles. The molecule has 0 radical (unpaired) electrons. The van der Waals surface area contributed by atoms with Crippen LogP contribution in [0.25, 0.3) is 22.2 Å². The molecule has 0 atom stereocenters. The number of benzene rings is 2. The fourth-order valence-electron chi connectivity index (χ4n) is 4.65. The first-order chi connectivity index (χ1) is 20.5. The Morgan fingerprint density at radius 2 is 1.60 bits per heavy atom. The van der Waals surface area contributed by atoms with Crippen LogP contribution in [0.1, 0.15) is 29.1 Å². The van der Waals surface area contributed by atoms with Gasteiger partial charge in [-0.25, -0.2) is 15.0 Å².